The van der Waals surface area contributed by atoms with Gasteiger partial charge in [0.15, 0.2) is 15.9 Å². The smallest absolute Gasteiger partial charge is 0.328 e. The summed E-state index contributed by atoms with van der Waals surface area (Å²) in [6, 6.07) is 3.78. The lowest BCUT2D eigenvalue weighted by Crippen LogP contribution is -2.47. The van der Waals surface area contributed by atoms with Crippen molar-refractivity contribution >= 4 is 21.8 Å². The molecular formula is C12H16N2O6S. The molecule has 0 radical (unpaired) electrons. The van der Waals surface area contributed by atoms with Crippen molar-refractivity contribution in [1.82, 2.24) is 10.6 Å². The lowest BCUT2D eigenvalue weighted by molar-refractivity contribution is -0.140. The van der Waals surface area contributed by atoms with E-state index in [0.717, 1.165) is 6.26 Å². The number of benzene rings is 1. The number of rotatable bonds is 6. The zero-order chi connectivity index (χ0) is 16.0. The Labute approximate surface area is 121 Å². The van der Waals surface area contributed by atoms with Crippen molar-refractivity contribution in [3.63, 3.8) is 0 Å². The second-order valence-electron chi connectivity index (χ2n) is 4.32. The second kappa shape index (κ2) is 7.04. The Bertz CT molecular complexity index is 611. The number of aliphatic hydroxyl groups is 1. The number of amides is 2. The molecule has 8 nitrogen and oxygen atoms in total. The van der Waals surface area contributed by atoms with Crippen LogP contribution in [0.15, 0.2) is 29.2 Å². The summed E-state index contributed by atoms with van der Waals surface area (Å²) in [4.78, 5) is 22.2. The van der Waals surface area contributed by atoms with Crippen LogP contribution in [0.2, 0.25) is 0 Å². The summed E-state index contributed by atoms with van der Waals surface area (Å²) in [7, 11) is -3.27. The summed E-state index contributed by atoms with van der Waals surface area (Å²) in [5.74, 6) is -1.34. The SMILES string of the molecule is CS(=O)(=O)c1ccc(CNC(=O)N[C@@H](CO)C(=O)O)cc1. The van der Waals surface area contributed by atoms with E-state index in [1.54, 1.807) is 0 Å². The summed E-state index contributed by atoms with van der Waals surface area (Å²) in [6.07, 6.45) is 1.09. The van der Waals surface area contributed by atoms with Gasteiger partial charge in [-0.25, -0.2) is 18.0 Å². The lowest BCUT2D eigenvalue weighted by Gasteiger charge is -2.12. The third-order valence-electron chi connectivity index (χ3n) is 2.59. The Balaban J connectivity index is 2.56. The van der Waals surface area contributed by atoms with Crippen LogP contribution in [0.4, 0.5) is 4.79 Å². The van der Waals surface area contributed by atoms with E-state index in [1.807, 2.05) is 0 Å². The highest BCUT2D eigenvalue weighted by Gasteiger charge is 2.18. The molecule has 0 spiro atoms. The summed E-state index contributed by atoms with van der Waals surface area (Å²) < 4.78 is 22.5. The number of carbonyl (C=O) groups is 2. The summed E-state index contributed by atoms with van der Waals surface area (Å²) in [6.45, 7) is -0.626. The predicted octanol–water partition coefficient (Wildman–Crippen LogP) is -0.665. The standard InChI is InChI=1S/C12H16N2O6S/c1-21(19,20)9-4-2-8(3-5-9)6-13-12(18)14-10(7-15)11(16)17/h2-5,10,15H,6-7H2,1H3,(H,16,17)(H2,13,14,18)/t10-/m0/s1. The lowest BCUT2D eigenvalue weighted by atomic mass is 10.2. The first-order valence-electron chi connectivity index (χ1n) is 5.91. The maximum absolute atomic E-state index is 11.4. The van der Waals surface area contributed by atoms with Gasteiger partial charge in [-0.15, -0.1) is 0 Å². The van der Waals surface area contributed by atoms with Gasteiger partial charge in [-0.3, -0.25) is 0 Å². The highest BCUT2D eigenvalue weighted by molar-refractivity contribution is 7.90. The summed E-state index contributed by atoms with van der Waals surface area (Å²) in [5.41, 5.74) is 0.647. The molecule has 1 rings (SSSR count). The third kappa shape index (κ3) is 5.40. The van der Waals surface area contributed by atoms with Gasteiger partial charge in [0.05, 0.1) is 11.5 Å². The quantitative estimate of drug-likeness (QED) is 0.550. The average Bonchev–Trinajstić information content (AvgIpc) is 2.41. The number of carboxylic acid groups (broad SMARTS) is 1. The Morgan fingerprint density at radius 3 is 2.24 bits per heavy atom. The van der Waals surface area contributed by atoms with E-state index in [-0.39, 0.29) is 11.4 Å². The number of carbonyl (C=O) groups excluding carboxylic acids is 1. The molecule has 9 heteroatoms. The number of aliphatic carboxylic acids is 1. The first-order chi connectivity index (χ1) is 9.74. The van der Waals surface area contributed by atoms with Gasteiger partial charge in [-0.05, 0) is 17.7 Å². The third-order valence-corrected chi connectivity index (χ3v) is 3.72. The molecule has 1 aromatic rings. The van der Waals surface area contributed by atoms with E-state index in [4.69, 9.17) is 10.2 Å². The molecule has 0 saturated carbocycles. The van der Waals surface area contributed by atoms with Gasteiger partial charge in [0.2, 0.25) is 0 Å². The molecule has 0 heterocycles. The van der Waals surface area contributed by atoms with Crippen molar-refractivity contribution in [2.24, 2.45) is 0 Å². The van der Waals surface area contributed by atoms with Gasteiger partial charge in [-0.1, -0.05) is 12.1 Å². The summed E-state index contributed by atoms with van der Waals surface area (Å²) in [5, 5.41) is 21.9. The van der Waals surface area contributed by atoms with Crippen LogP contribution >= 0.6 is 0 Å². The molecule has 0 fully saturated rings. The van der Waals surface area contributed by atoms with E-state index in [0.29, 0.717) is 5.56 Å². The molecule has 0 aromatic heterocycles. The van der Waals surface area contributed by atoms with Crippen LogP contribution in [-0.2, 0) is 21.2 Å². The van der Waals surface area contributed by atoms with Gasteiger partial charge in [0, 0.05) is 12.8 Å². The molecule has 1 atom stereocenters. The van der Waals surface area contributed by atoms with Crippen LogP contribution in [0.1, 0.15) is 5.56 Å². The van der Waals surface area contributed by atoms with Gasteiger partial charge in [-0.2, -0.15) is 0 Å². The topological polar surface area (TPSA) is 133 Å². The zero-order valence-corrected chi connectivity index (χ0v) is 12.1. The molecule has 0 saturated heterocycles. The normalized spacial score (nSPS) is 12.5. The average molecular weight is 316 g/mol. The molecule has 0 unspecified atom stereocenters. The molecule has 2 amide bonds. The van der Waals surface area contributed by atoms with Crippen LogP contribution in [0, 0.1) is 0 Å². The van der Waals surface area contributed by atoms with E-state index in [1.165, 1.54) is 24.3 Å². The fraction of sp³-hybridized carbons (Fsp3) is 0.333. The Morgan fingerprint density at radius 1 is 1.24 bits per heavy atom. The highest BCUT2D eigenvalue weighted by Crippen LogP contribution is 2.10. The number of hydrogen-bond donors (Lipinski definition) is 4. The van der Waals surface area contributed by atoms with E-state index in [2.05, 4.69) is 10.6 Å². The Kier molecular flexibility index (Phi) is 5.68. The van der Waals surface area contributed by atoms with E-state index >= 15 is 0 Å². The minimum absolute atomic E-state index is 0.0909. The van der Waals surface area contributed by atoms with Crippen LogP contribution in [0.5, 0.6) is 0 Å². The van der Waals surface area contributed by atoms with Crippen molar-refractivity contribution in [3.05, 3.63) is 29.8 Å². The van der Waals surface area contributed by atoms with Crippen LogP contribution < -0.4 is 10.6 Å². The first-order valence-corrected chi connectivity index (χ1v) is 7.80. The Morgan fingerprint density at radius 2 is 1.81 bits per heavy atom. The molecule has 0 aliphatic rings. The molecule has 0 aliphatic carbocycles. The highest BCUT2D eigenvalue weighted by atomic mass is 32.2. The number of nitrogens with one attached hydrogen (secondary N) is 2. The number of hydrogen-bond acceptors (Lipinski definition) is 5. The molecule has 116 valence electrons. The largest absolute Gasteiger partial charge is 0.480 e. The van der Waals surface area contributed by atoms with Crippen LogP contribution in [-0.4, -0.2) is 49.5 Å². The number of urea groups is 1. The van der Waals surface area contributed by atoms with Gasteiger partial charge < -0.3 is 20.8 Å². The van der Waals surface area contributed by atoms with Crippen LogP contribution in [0.3, 0.4) is 0 Å². The molecule has 1 aromatic carbocycles. The number of sulfone groups is 1. The fourth-order valence-electron chi connectivity index (χ4n) is 1.43. The number of carboxylic acids is 1. The van der Waals surface area contributed by atoms with Crippen molar-refractivity contribution < 1.29 is 28.2 Å². The minimum atomic E-state index is -3.27. The molecular weight excluding hydrogens is 300 g/mol. The predicted molar refractivity (Wildman–Crippen MR) is 73.4 cm³/mol. The molecule has 21 heavy (non-hydrogen) atoms. The minimum Gasteiger partial charge on any atom is -0.480 e. The van der Waals surface area contributed by atoms with Crippen molar-refractivity contribution in [2.45, 2.75) is 17.5 Å². The fourth-order valence-corrected chi connectivity index (χ4v) is 2.06. The monoisotopic (exact) mass is 316 g/mol. The molecule has 4 N–H and O–H groups in total. The molecule has 0 bridgehead atoms. The van der Waals surface area contributed by atoms with E-state index < -0.39 is 34.5 Å². The van der Waals surface area contributed by atoms with Crippen molar-refractivity contribution in [2.75, 3.05) is 12.9 Å². The van der Waals surface area contributed by atoms with Crippen molar-refractivity contribution in [1.29, 1.82) is 0 Å². The van der Waals surface area contributed by atoms with Gasteiger partial charge >= 0.3 is 12.0 Å². The van der Waals surface area contributed by atoms with E-state index in [9.17, 15) is 18.0 Å². The molecule has 0 aliphatic heterocycles. The summed E-state index contributed by atoms with van der Waals surface area (Å²) >= 11 is 0. The zero-order valence-electron chi connectivity index (χ0n) is 11.2. The second-order valence-corrected chi connectivity index (χ2v) is 6.33. The van der Waals surface area contributed by atoms with Crippen LogP contribution in [0.25, 0.3) is 0 Å². The van der Waals surface area contributed by atoms with Gasteiger partial charge in [0.1, 0.15) is 0 Å². The van der Waals surface area contributed by atoms with Crippen molar-refractivity contribution in [3.8, 4) is 0 Å². The maximum atomic E-state index is 11.4. The number of aliphatic hydroxyl groups excluding tert-OH is 1. The first kappa shape index (κ1) is 16.9. The maximum Gasteiger partial charge on any atom is 0.328 e. The van der Waals surface area contributed by atoms with Gasteiger partial charge in [0.25, 0.3) is 0 Å². The Hall–Kier alpha value is -2.13.